The van der Waals surface area contributed by atoms with Crippen LogP contribution in [0.1, 0.15) is 11.3 Å². The summed E-state index contributed by atoms with van der Waals surface area (Å²) < 4.78 is 3.07. The van der Waals surface area contributed by atoms with Gasteiger partial charge < -0.3 is 0 Å². The third kappa shape index (κ3) is 3.85. The van der Waals surface area contributed by atoms with E-state index < -0.39 is 0 Å². The summed E-state index contributed by atoms with van der Waals surface area (Å²) >= 11 is 4.09. The van der Waals surface area contributed by atoms with Crippen LogP contribution < -0.4 is 0 Å². The van der Waals surface area contributed by atoms with Crippen molar-refractivity contribution in [2.24, 2.45) is 0 Å². The predicted octanol–water partition coefficient (Wildman–Crippen LogP) is 4.22. The second-order valence-corrected chi connectivity index (χ2v) is 6.62. The van der Waals surface area contributed by atoms with Gasteiger partial charge in [-0.25, -0.2) is 4.68 Å². The summed E-state index contributed by atoms with van der Waals surface area (Å²) in [6.45, 7) is 0. The Kier molecular flexibility index (Phi) is 4.92. The number of halogens is 1. The second kappa shape index (κ2) is 7.09. The van der Waals surface area contributed by atoms with Gasteiger partial charge in [0.2, 0.25) is 0 Å². The number of nitrogens with zero attached hydrogens (tertiary/aromatic N) is 3. The number of hydrogen-bond donors (Lipinski definition) is 0. The Balaban J connectivity index is 1.68. The molecule has 3 rings (SSSR count). The van der Waals surface area contributed by atoms with Crippen molar-refractivity contribution in [1.82, 2.24) is 15.0 Å². The largest absolute Gasteiger partial charge is 0.229 e. The van der Waals surface area contributed by atoms with Crippen molar-refractivity contribution in [1.29, 1.82) is 0 Å². The lowest BCUT2D eigenvalue weighted by Crippen LogP contribution is -2.00. The van der Waals surface area contributed by atoms with E-state index in [0.717, 1.165) is 21.7 Å². The van der Waals surface area contributed by atoms with Crippen LogP contribution in [0.3, 0.4) is 0 Å². The minimum absolute atomic E-state index is 0.782. The molecule has 0 spiro atoms. The van der Waals surface area contributed by atoms with Crippen LogP contribution in [0.2, 0.25) is 0 Å². The van der Waals surface area contributed by atoms with Crippen LogP contribution in [0.15, 0.2) is 65.6 Å². The molecule has 0 unspecified atom stereocenters. The Morgan fingerprint density at radius 3 is 2.33 bits per heavy atom. The van der Waals surface area contributed by atoms with Crippen molar-refractivity contribution in [2.75, 3.05) is 0 Å². The van der Waals surface area contributed by atoms with E-state index in [1.807, 2.05) is 16.8 Å². The van der Waals surface area contributed by atoms with E-state index in [9.17, 15) is 0 Å². The maximum atomic E-state index is 4.32. The molecule has 106 valence electrons. The van der Waals surface area contributed by atoms with Crippen LogP contribution in [0.4, 0.5) is 0 Å². The first kappa shape index (κ1) is 14.6. The fourth-order valence-electron chi connectivity index (χ4n) is 1.97. The van der Waals surface area contributed by atoms with Crippen molar-refractivity contribution in [2.45, 2.75) is 17.2 Å². The quantitative estimate of drug-likeness (QED) is 0.469. The predicted molar refractivity (Wildman–Crippen MR) is 94.3 cm³/mol. The molecule has 0 amide bonds. The molecule has 0 N–H and O–H groups in total. The average Bonchev–Trinajstić information content (AvgIpc) is 2.88. The van der Waals surface area contributed by atoms with E-state index in [0.29, 0.717) is 0 Å². The highest BCUT2D eigenvalue weighted by molar-refractivity contribution is 14.1. The molecule has 2 aromatic carbocycles. The first-order valence-corrected chi connectivity index (χ1v) is 8.69. The summed E-state index contributed by atoms with van der Waals surface area (Å²) in [5.74, 6) is 0.782. The monoisotopic (exact) mass is 407 g/mol. The van der Waals surface area contributed by atoms with Crippen LogP contribution in [0.25, 0.3) is 0 Å². The number of rotatable bonds is 5. The van der Waals surface area contributed by atoms with Gasteiger partial charge in [-0.2, -0.15) is 0 Å². The highest BCUT2D eigenvalue weighted by Gasteiger charge is 2.10. The van der Waals surface area contributed by atoms with Crippen molar-refractivity contribution in [3.8, 4) is 0 Å². The first-order chi connectivity index (χ1) is 10.3. The fraction of sp³-hybridized carbons (Fsp3) is 0.125. The van der Waals surface area contributed by atoms with Crippen LogP contribution >= 0.6 is 34.4 Å². The minimum atomic E-state index is 0.782. The molecule has 0 aliphatic carbocycles. The number of hydrogen-bond acceptors (Lipinski definition) is 3. The van der Waals surface area contributed by atoms with Gasteiger partial charge in [0, 0.05) is 11.3 Å². The highest BCUT2D eigenvalue weighted by atomic mass is 127. The molecule has 0 atom stereocenters. The maximum absolute atomic E-state index is 4.32. The molecule has 0 fully saturated rings. The lowest BCUT2D eigenvalue weighted by atomic mass is 10.1. The standard InChI is InChI=1S/C16H14IN3S/c17-16-15(11-13-7-3-1-4-8-13)18-19-20(16)12-21-14-9-5-2-6-10-14/h1-10H,11-12H2. The van der Waals surface area contributed by atoms with Crippen LogP contribution in [0, 0.1) is 3.70 Å². The van der Waals surface area contributed by atoms with Crippen molar-refractivity contribution >= 4 is 34.4 Å². The molecule has 0 saturated carbocycles. The molecule has 3 nitrogen and oxygen atoms in total. The van der Waals surface area contributed by atoms with E-state index in [2.05, 4.69) is 81.4 Å². The molecule has 0 bridgehead atoms. The Labute approximate surface area is 141 Å². The summed E-state index contributed by atoms with van der Waals surface area (Å²) in [4.78, 5) is 1.24. The molecule has 0 saturated heterocycles. The smallest absolute Gasteiger partial charge is 0.124 e. The van der Waals surface area contributed by atoms with Gasteiger partial charge in [-0.3, -0.25) is 0 Å². The molecule has 5 heteroatoms. The van der Waals surface area contributed by atoms with E-state index in [1.165, 1.54) is 10.5 Å². The van der Waals surface area contributed by atoms with Crippen molar-refractivity contribution < 1.29 is 0 Å². The minimum Gasteiger partial charge on any atom is -0.229 e. The van der Waals surface area contributed by atoms with Gasteiger partial charge in [-0.05, 0) is 40.3 Å². The Hall–Kier alpha value is -1.34. The number of benzene rings is 2. The van der Waals surface area contributed by atoms with Gasteiger partial charge in [0.05, 0.1) is 5.88 Å². The summed E-state index contributed by atoms with van der Waals surface area (Å²) in [5.41, 5.74) is 2.30. The van der Waals surface area contributed by atoms with Gasteiger partial charge in [0.1, 0.15) is 9.39 Å². The van der Waals surface area contributed by atoms with E-state index in [-0.39, 0.29) is 0 Å². The lowest BCUT2D eigenvalue weighted by Gasteiger charge is -2.03. The summed E-state index contributed by atoms with van der Waals surface area (Å²) in [6, 6.07) is 20.7. The van der Waals surface area contributed by atoms with Crippen molar-refractivity contribution in [3.63, 3.8) is 0 Å². The number of aromatic nitrogens is 3. The molecule has 0 radical (unpaired) electrons. The van der Waals surface area contributed by atoms with Crippen LogP contribution in [0.5, 0.6) is 0 Å². The molecule has 3 aromatic rings. The molecular formula is C16H14IN3S. The molecular weight excluding hydrogens is 393 g/mol. The SMILES string of the molecule is Ic1c(Cc2ccccc2)nnn1CSc1ccccc1. The molecule has 1 heterocycles. The number of thioether (sulfide) groups is 1. The zero-order valence-electron chi connectivity index (χ0n) is 11.3. The van der Waals surface area contributed by atoms with Gasteiger partial charge in [-0.1, -0.05) is 53.7 Å². The Morgan fingerprint density at radius 1 is 0.952 bits per heavy atom. The third-order valence-corrected chi connectivity index (χ3v) is 5.21. The van der Waals surface area contributed by atoms with E-state index in [4.69, 9.17) is 0 Å². The topological polar surface area (TPSA) is 30.7 Å². The summed E-state index contributed by atoms with van der Waals surface area (Å²) in [6.07, 6.45) is 0.828. The molecule has 1 aromatic heterocycles. The van der Waals surface area contributed by atoms with Gasteiger partial charge in [0.25, 0.3) is 0 Å². The maximum Gasteiger partial charge on any atom is 0.124 e. The Bertz CT molecular complexity index is 698. The zero-order valence-corrected chi connectivity index (χ0v) is 14.3. The van der Waals surface area contributed by atoms with E-state index >= 15 is 0 Å². The molecule has 0 aliphatic heterocycles. The van der Waals surface area contributed by atoms with Gasteiger partial charge in [0.15, 0.2) is 0 Å². The summed E-state index contributed by atoms with van der Waals surface area (Å²) in [7, 11) is 0. The lowest BCUT2D eigenvalue weighted by molar-refractivity contribution is 0.687. The van der Waals surface area contributed by atoms with Crippen LogP contribution in [-0.2, 0) is 12.3 Å². The first-order valence-electron chi connectivity index (χ1n) is 6.62. The van der Waals surface area contributed by atoms with Gasteiger partial charge >= 0.3 is 0 Å². The molecule has 21 heavy (non-hydrogen) atoms. The summed E-state index contributed by atoms with van der Waals surface area (Å²) in [5, 5.41) is 8.58. The fourth-order valence-corrected chi connectivity index (χ4v) is 3.57. The van der Waals surface area contributed by atoms with E-state index in [1.54, 1.807) is 11.8 Å². The highest BCUT2D eigenvalue weighted by Crippen LogP contribution is 2.21. The Morgan fingerprint density at radius 2 is 1.62 bits per heavy atom. The van der Waals surface area contributed by atoms with Gasteiger partial charge in [-0.15, -0.1) is 16.9 Å². The zero-order chi connectivity index (χ0) is 14.5. The van der Waals surface area contributed by atoms with Crippen molar-refractivity contribution in [3.05, 3.63) is 75.6 Å². The third-order valence-electron chi connectivity index (χ3n) is 3.05. The molecule has 0 aliphatic rings. The average molecular weight is 407 g/mol. The normalized spacial score (nSPS) is 10.7. The second-order valence-electron chi connectivity index (χ2n) is 4.58. The van der Waals surface area contributed by atoms with Crippen LogP contribution in [-0.4, -0.2) is 15.0 Å².